The number of hydrogen-bond donors (Lipinski definition) is 0. The maximum atomic E-state index is 13.7. The molecular weight excluding hydrogens is 544 g/mol. The van der Waals surface area contributed by atoms with Crippen molar-refractivity contribution in [3.05, 3.63) is 53.9 Å². The summed E-state index contributed by atoms with van der Waals surface area (Å²) in [7, 11) is 3.16. The van der Waals surface area contributed by atoms with E-state index in [-0.39, 0.29) is 24.9 Å². The smallest absolute Gasteiger partial charge is 0.331 e. The molecule has 0 unspecified atom stereocenters. The van der Waals surface area contributed by atoms with Gasteiger partial charge in [-0.3, -0.25) is 24.4 Å². The summed E-state index contributed by atoms with van der Waals surface area (Å²) in [5.41, 5.74) is 3.52. The highest BCUT2D eigenvalue weighted by Crippen LogP contribution is 2.31. The van der Waals surface area contributed by atoms with Crippen molar-refractivity contribution in [2.45, 2.75) is 64.6 Å². The van der Waals surface area contributed by atoms with Gasteiger partial charge in [0.25, 0.3) is 0 Å². The topological polar surface area (TPSA) is 82.9 Å². The van der Waals surface area contributed by atoms with Crippen LogP contribution in [-0.4, -0.2) is 89.2 Å². The Morgan fingerprint density at radius 2 is 1.79 bits per heavy atom. The zero-order valence-electron chi connectivity index (χ0n) is 25.7. The molecule has 0 radical (unpaired) electrons. The van der Waals surface area contributed by atoms with Crippen LogP contribution in [0.15, 0.2) is 42.7 Å². The third-order valence-electron chi connectivity index (χ3n) is 9.46. The van der Waals surface area contributed by atoms with Crippen LogP contribution in [0.4, 0.5) is 10.5 Å². The van der Waals surface area contributed by atoms with E-state index in [1.54, 1.807) is 37.4 Å². The number of ether oxygens (including phenoxy) is 2. The summed E-state index contributed by atoms with van der Waals surface area (Å²) in [6.45, 7) is 8.14. The molecule has 2 aromatic heterocycles. The second-order valence-electron chi connectivity index (χ2n) is 12.3. The number of rotatable bonds is 9. The maximum Gasteiger partial charge on any atom is 0.331 e. The van der Waals surface area contributed by atoms with Gasteiger partial charge >= 0.3 is 6.03 Å². The third-order valence-corrected chi connectivity index (χ3v) is 9.46. The largest absolute Gasteiger partial charge is 0.497 e. The summed E-state index contributed by atoms with van der Waals surface area (Å²) in [4.78, 5) is 34.9. The van der Waals surface area contributed by atoms with E-state index in [2.05, 4.69) is 34.0 Å². The molecule has 2 aliphatic heterocycles. The van der Waals surface area contributed by atoms with Crippen molar-refractivity contribution >= 4 is 23.1 Å². The van der Waals surface area contributed by atoms with E-state index < -0.39 is 0 Å². The van der Waals surface area contributed by atoms with Gasteiger partial charge in [0.15, 0.2) is 0 Å². The van der Waals surface area contributed by atoms with Gasteiger partial charge < -0.3 is 9.47 Å². The summed E-state index contributed by atoms with van der Waals surface area (Å²) in [6.07, 6.45) is 10.9. The van der Waals surface area contributed by atoms with E-state index in [0.29, 0.717) is 24.1 Å². The van der Waals surface area contributed by atoms with Gasteiger partial charge in [-0.2, -0.15) is 5.10 Å². The lowest BCUT2D eigenvalue weighted by Crippen LogP contribution is -2.52. The lowest BCUT2D eigenvalue weighted by molar-refractivity contribution is -0.129. The van der Waals surface area contributed by atoms with Crippen molar-refractivity contribution in [2.24, 2.45) is 5.92 Å². The number of imide groups is 1. The van der Waals surface area contributed by atoms with Crippen molar-refractivity contribution < 1.29 is 19.1 Å². The minimum Gasteiger partial charge on any atom is -0.497 e. The Morgan fingerprint density at radius 1 is 0.953 bits per heavy atom. The molecule has 0 spiro atoms. The number of carbonyl (C=O) groups is 2. The molecule has 4 heterocycles. The quantitative estimate of drug-likeness (QED) is 0.355. The Kier molecular flexibility index (Phi) is 8.85. The fraction of sp³-hybridized carbons (Fsp3) is 0.545. The number of benzene rings is 1. The van der Waals surface area contributed by atoms with Gasteiger partial charge in [0, 0.05) is 69.6 Å². The van der Waals surface area contributed by atoms with Gasteiger partial charge in [0.05, 0.1) is 38.2 Å². The summed E-state index contributed by atoms with van der Waals surface area (Å²) >= 11 is 0. The van der Waals surface area contributed by atoms with Gasteiger partial charge in [0.2, 0.25) is 5.91 Å². The molecule has 230 valence electrons. The minimum absolute atomic E-state index is 0.122. The number of carbonyl (C=O) groups excluding carboxylic acids is 2. The number of pyridine rings is 1. The first kappa shape index (κ1) is 29.4. The molecule has 1 aliphatic carbocycles. The second-order valence-corrected chi connectivity index (χ2v) is 12.3. The lowest BCUT2D eigenvalue weighted by atomic mass is 9.88. The SMILES string of the molecule is COc1ccc(CN2C(=O)CCN(c3cnn4ccc(CN5CCN(CC6CCCCC6)[C@@H](C)C5)cc34)C2=O)c(OC)c1. The Morgan fingerprint density at radius 3 is 2.56 bits per heavy atom. The van der Waals surface area contributed by atoms with Gasteiger partial charge in [-0.15, -0.1) is 0 Å². The number of piperazine rings is 1. The average Bonchev–Trinajstić information content (AvgIpc) is 3.44. The number of methoxy groups -OCH3 is 2. The average molecular weight is 589 g/mol. The number of urea groups is 1. The van der Waals surface area contributed by atoms with Crippen LogP contribution in [0, 0.1) is 5.92 Å². The fourth-order valence-corrected chi connectivity index (χ4v) is 6.99. The number of amides is 3. The third kappa shape index (κ3) is 6.35. The molecule has 10 heteroatoms. The molecule has 10 nitrogen and oxygen atoms in total. The van der Waals surface area contributed by atoms with Crippen LogP contribution >= 0.6 is 0 Å². The summed E-state index contributed by atoms with van der Waals surface area (Å²) in [5, 5.41) is 4.53. The van der Waals surface area contributed by atoms with E-state index in [4.69, 9.17) is 9.47 Å². The van der Waals surface area contributed by atoms with Crippen molar-refractivity contribution in [3.63, 3.8) is 0 Å². The Balaban J connectivity index is 1.14. The van der Waals surface area contributed by atoms with E-state index in [0.717, 1.165) is 48.9 Å². The number of hydrogen-bond acceptors (Lipinski definition) is 7. The number of fused-ring (bicyclic) bond motifs is 1. The molecule has 1 aromatic carbocycles. The molecule has 3 amide bonds. The molecule has 3 aliphatic rings. The van der Waals surface area contributed by atoms with Gasteiger partial charge in [0.1, 0.15) is 11.5 Å². The summed E-state index contributed by atoms with van der Waals surface area (Å²) < 4.78 is 12.6. The van der Waals surface area contributed by atoms with Crippen molar-refractivity contribution in [1.82, 2.24) is 24.3 Å². The zero-order chi connectivity index (χ0) is 29.9. The van der Waals surface area contributed by atoms with Crippen molar-refractivity contribution in [2.75, 3.05) is 51.8 Å². The van der Waals surface area contributed by atoms with Crippen LogP contribution in [0.25, 0.3) is 5.52 Å². The Labute approximate surface area is 254 Å². The first-order valence-electron chi connectivity index (χ1n) is 15.7. The monoisotopic (exact) mass is 588 g/mol. The first-order valence-corrected chi connectivity index (χ1v) is 15.7. The van der Waals surface area contributed by atoms with Crippen LogP contribution in [0.5, 0.6) is 11.5 Å². The van der Waals surface area contributed by atoms with Gasteiger partial charge in [-0.1, -0.05) is 19.3 Å². The van der Waals surface area contributed by atoms with Crippen LogP contribution in [0.2, 0.25) is 0 Å². The van der Waals surface area contributed by atoms with Crippen LogP contribution in [0.1, 0.15) is 56.6 Å². The van der Waals surface area contributed by atoms with E-state index >= 15 is 0 Å². The normalized spacial score (nSPS) is 21.1. The van der Waals surface area contributed by atoms with Crippen molar-refractivity contribution in [3.8, 4) is 11.5 Å². The fourth-order valence-electron chi connectivity index (χ4n) is 6.99. The van der Waals surface area contributed by atoms with E-state index in [9.17, 15) is 9.59 Å². The highest BCUT2D eigenvalue weighted by Gasteiger charge is 2.35. The highest BCUT2D eigenvalue weighted by molar-refractivity contribution is 6.07. The molecule has 0 N–H and O–H groups in total. The standard InChI is InChI=1S/C33H44N6O4/c1-24-20-35(15-16-36(24)22-25-7-5-4-6-8-25)21-26-11-14-39-29(17-26)30(19-34-39)37-13-12-32(40)38(33(37)41)23-27-9-10-28(42-2)18-31(27)43-3/h9-11,14,17-19,24-25H,4-8,12-13,15-16,20-23H2,1-3H3/t24-/m0/s1. The Bertz CT molecular complexity index is 1450. The lowest BCUT2D eigenvalue weighted by Gasteiger charge is -2.42. The molecule has 6 rings (SSSR count). The predicted octanol–water partition coefficient (Wildman–Crippen LogP) is 4.80. The molecule has 3 fully saturated rings. The zero-order valence-corrected chi connectivity index (χ0v) is 25.7. The molecule has 2 saturated heterocycles. The predicted molar refractivity (Wildman–Crippen MR) is 166 cm³/mol. The summed E-state index contributed by atoms with van der Waals surface area (Å²) in [5.74, 6) is 1.89. The number of anilines is 1. The van der Waals surface area contributed by atoms with E-state index in [1.165, 1.54) is 49.1 Å². The molecule has 1 saturated carbocycles. The maximum absolute atomic E-state index is 13.7. The Hall–Kier alpha value is -3.63. The van der Waals surface area contributed by atoms with Crippen LogP contribution in [-0.2, 0) is 17.9 Å². The van der Waals surface area contributed by atoms with Gasteiger partial charge in [-0.05, 0) is 55.5 Å². The van der Waals surface area contributed by atoms with Crippen LogP contribution in [0.3, 0.4) is 0 Å². The minimum atomic E-state index is -0.350. The molecule has 3 aromatic rings. The molecule has 0 bridgehead atoms. The van der Waals surface area contributed by atoms with Gasteiger partial charge in [-0.25, -0.2) is 9.31 Å². The number of nitrogens with zero attached hydrogens (tertiary/aromatic N) is 6. The summed E-state index contributed by atoms with van der Waals surface area (Å²) in [6, 6.07) is 9.85. The number of aromatic nitrogens is 2. The molecular formula is C33H44N6O4. The van der Waals surface area contributed by atoms with Crippen molar-refractivity contribution in [1.29, 1.82) is 0 Å². The molecule has 1 atom stereocenters. The molecule has 43 heavy (non-hydrogen) atoms. The van der Waals surface area contributed by atoms with E-state index in [1.807, 2.05) is 16.8 Å². The highest BCUT2D eigenvalue weighted by atomic mass is 16.5. The second kappa shape index (κ2) is 12.9. The first-order chi connectivity index (χ1) is 20.9. The van der Waals surface area contributed by atoms with Crippen LogP contribution < -0.4 is 14.4 Å².